The molecule has 0 saturated carbocycles. The van der Waals surface area contributed by atoms with Gasteiger partial charge in [-0.25, -0.2) is 9.97 Å². The summed E-state index contributed by atoms with van der Waals surface area (Å²) in [5.41, 5.74) is 0.667. The molecule has 0 fully saturated rings. The Kier molecular flexibility index (Phi) is 5.16. The Hall–Kier alpha value is -2.64. The molecule has 1 heterocycles. The van der Waals surface area contributed by atoms with Gasteiger partial charge in [0.15, 0.2) is 5.03 Å². The molecular weight excluding hydrogens is 360 g/mol. The van der Waals surface area contributed by atoms with Crippen LogP contribution in [-0.4, -0.2) is 21.9 Å². The summed E-state index contributed by atoms with van der Waals surface area (Å²) >= 11 is 7.08. The monoisotopic (exact) mass is 372 g/mol. The first kappa shape index (κ1) is 17.2. The van der Waals surface area contributed by atoms with Gasteiger partial charge in [-0.3, -0.25) is 10.1 Å². The zero-order chi connectivity index (χ0) is 17.8. The standard InChI is InChI=1S/C17H13ClN4O2S/c1-21(13-5-3-2-4-6-13)16-15(22(23)24)17(20-11-19-16)25-14-9-7-12(18)8-10-14/h2-11H,1H3. The summed E-state index contributed by atoms with van der Waals surface area (Å²) in [5, 5.41) is 12.6. The number of hydrogen-bond donors (Lipinski definition) is 0. The average Bonchev–Trinajstić information content (AvgIpc) is 2.63. The van der Waals surface area contributed by atoms with Crippen molar-refractivity contribution in [2.24, 2.45) is 0 Å². The molecule has 3 aromatic rings. The van der Waals surface area contributed by atoms with Crippen molar-refractivity contribution in [2.75, 3.05) is 11.9 Å². The zero-order valence-electron chi connectivity index (χ0n) is 13.2. The first-order valence-electron chi connectivity index (χ1n) is 7.28. The largest absolute Gasteiger partial charge is 0.344 e. The van der Waals surface area contributed by atoms with E-state index < -0.39 is 4.92 Å². The highest BCUT2D eigenvalue weighted by atomic mass is 35.5. The number of nitro groups is 1. The summed E-state index contributed by atoms with van der Waals surface area (Å²) < 4.78 is 0. The molecule has 1 aromatic heterocycles. The summed E-state index contributed by atoms with van der Waals surface area (Å²) in [6, 6.07) is 16.4. The second-order valence-corrected chi connectivity index (χ2v) is 6.56. The molecule has 0 aliphatic heterocycles. The highest BCUT2D eigenvalue weighted by Crippen LogP contribution is 2.39. The van der Waals surface area contributed by atoms with E-state index in [0.29, 0.717) is 5.02 Å². The third kappa shape index (κ3) is 3.89. The Morgan fingerprint density at radius 1 is 1.08 bits per heavy atom. The van der Waals surface area contributed by atoms with Gasteiger partial charge in [0, 0.05) is 22.7 Å². The zero-order valence-corrected chi connectivity index (χ0v) is 14.7. The van der Waals surface area contributed by atoms with Crippen molar-refractivity contribution in [1.29, 1.82) is 0 Å². The third-order valence-corrected chi connectivity index (χ3v) is 4.69. The molecule has 126 valence electrons. The quantitative estimate of drug-likeness (QED) is 0.358. The number of para-hydroxylation sites is 1. The average molecular weight is 373 g/mol. The predicted octanol–water partition coefficient (Wildman–Crippen LogP) is 4.96. The van der Waals surface area contributed by atoms with Gasteiger partial charge in [0.05, 0.1) is 4.92 Å². The van der Waals surface area contributed by atoms with E-state index in [0.717, 1.165) is 10.6 Å². The van der Waals surface area contributed by atoms with Crippen LogP contribution in [0.25, 0.3) is 0 Å². The second kappa shape index (κ2) is 7.50. The van der Waals surface area contributed by atoms with Crippen LogP contribution in [0.1, 0.15) is 0 Å². The van der Waals surface area contributed by atoms with E-state index in [-0.39, 0.29) is 16.5 Å². The topological polar surface area (TPSA) is 72.2 Å². The number of aromatic nitrogens is 2. The van der Waals surface area contributed by atoms with E-state index in [4.69, 9.17) is 11.6 Å². The van der Waals surface area contributed by atoms with E-state index in [2.05, 4.69) is 9.97 Å². The summed E-state index contributed by atoms with van der Waals surface area (Å²) in [5.74, 6) is 0.239. The van der Waals surface area contributed by atoms with Gasteiger partial charge in [0.2, 0.25) is 5.82 Å². The molecule has 0 aliphatic rings. The van der Waals surface area contributed by atoms with Crippen LogP contribution in [0.15, 0.2) is 70.8 Å². The molecule has 6 nitrogen and oxygen atoms in total. The molecule has 0 unspecified atom stereocenters. The van der Waals surface area contributed by atoms with Crippen LogP contribution < -0.4 is 4.90 Å². The summed E-state index contributed by atoms with van der Waals surface area (Å²) in [6.45, 7) is 0. The number of nitrogens with zero attached hydrogens (tertiary/aromatic N) is 4. The van der Waals surface area contributed by atoms with E-state index in [1.54, 1.807) is 36.2 Å². The van der Waals surface area contributed by atoms with Crippen LogP contribution in [-0.2, 0) is 0 Å². The molecule has 25 heavy (non-hydrogen) atoms. The lowest BCUT2D eigenvalue weighted by molar-refractivity contribution is -0.387. The molecule has 0 amide bonds. The molecule has 0 radical (unpaired) electrons. The van der Waals surface area contributed by atoms with Crippen LogP contribution >= 0.6 is 23.4 Å². The lowest BCUT2D eigenvalue weighted by atomic mass is 10.3. The van der Waals surface area contributed by atoms with E-state index >= 15 is 0 Å². The first-order valence-corrected chi connectivity index (χ1v) is 8.47. The minimum atomic E-state index is -0.451. The fraction of sp³-hybridized carbons (Fsp3) is 0.0588. The smallest absolute Gasteiger partial charge is 0.324 e. The number of benzene rings is 2. The van der Waals surface area contributed by atoms with Crippen LogP contribution in [0, 0.1) is 10.1 Å². The molecule has 8 heteroatoms. The maximum atomic E-state index is 11.7. The van der Waals surface area contributed by atoms with Gasteiger partial charge in [-0.2, -0.15) is 0 Å². The van der Waals surface area contributed by atoms with Crippen LogP contribution in [0.3, 0.4) is 0 Å². The summed E-state index contributed by atoms with van der Waals surface area (Å²) in [6.07, 6.45) is 1.33. The number of rotatable bonds is 5. The van der Waals surface area contributed by atoms with Gasteiger partial charge in [0.1, 0.15) is 6.33 Å². The minimum absolute atomic E-state index is 0.131. The highest BCUT2D eigenvalue weighted by Gasteiger charge is 2.26. The Labute approximate surface area is 153 Å². The number of hydrogen-bond acceptors (Lipinski definition) is 6. The molecular formula is C17H13ClN4O2S. The number of anilines is 2. The van der Waals surface area contributed by atoms with Crippen molar-refractivity contribution >= 4 is 40.6 Å². The molecule has 0 aliphatic carbocycles. The van der Waals surface area contributed by atoms with E-state index in [1.807, 2.05) is 30.3 Å². The van der Waals surface area contributed by atoms with Gasteiger partial charge in [-0.05, 0) is 36.4 Å². The Bertz CT molecular complexity index is 891. The predicted molar refractivity (Wildman–Crippen MR) is 98.8 cm³/mol. The minimum Gasteiger partial charge on any atom is -0.324 e. The van der Waals surface area contributed by atoms with E-state index in [9.17, 15) is 10.1 Å². The van der Waals surface area contributed by atoms with Gasteiger partial charge in [-0.1, -0.05) is 41.6 Å². The van der Waals surface area contributed by atoms with Gasteiger partial charge >= 0.3 is 5.69 Å². The Morgan fingerprint density at radius 2 is 1.76 bits per heavy atom. The number of halogens is 1. The maximum Gasteiger partial charge on any atom is 0.344 e. The molecule has 0 spiro atoms. The normalized spacial score (nSPS) is 10.5. The molecule has 0 N–H and O–H groups in total. The molecule has 0 bridgehead atoms. The maximum absolute atomic E-state index is 11.7. The van der Waals surface area contributed by atoms with Crippen molar-refractivity contribution in [2.45, 2.75) is 9.92 Å². The van der Waals surface area contributed by atoms with Gasteiger partial charge in [0.25, 0.3) is 0 Å². The van der Waals surface area contributed by atoms with Crippen LogP contribution in [0.5, 0.6) is 0 Å². The second-order valence-electron chi connectivity index (χ2n) is 5.06. The SMILES string of the molecule is CN(c1ccccc1)c1ncnc(Sc2ccc(Cl)cc2)c1[N+](=O)[O-]. The lowest BCUT2D eigenvalue weighted by Crippen LogP contribution is -2.14. The highest BCUT2D eigenvalue weighted by molar-refractivity contribution is 7.99. The van der Waals surface area contributed by atoms with Crippen molar-refractivity contribution in [3.63, 3.8) is 0 Å². The fourth-order valence-electron chi connectivity index (χ4n) is 2.22. The first-order chi connectivity index (χ1) is 12.1. The fourth-order valence-corrected chi connectivity index (χ4v) is 3.21. The lowest BCUT2D eigenvalue weighted by Gasteiger charge is -2.18. The molecule has 3 rings (SSSR count). The van der Waals surface area contributed by atoms with Crippen molar-refractivity contribution in [3.05, 3.63) is 76.1 Å². The Morgan fingerprint density at radius 3 is 2.40 bits per heavy atom. The van der Waals surface area contributed by atoms with Crippen molar-refractivity contribution < 1.29 is 4.92 Å². The van der Waals surface area contributed by atoms with Crippen LogP contribution in [0.2, 0.25) is 5.02 Å². The Balaban J connectivity index is 2.02. The van der Waals surface area contributed by atoms with Gasteiger partial charge < -0.3 is 4.90 Å². The van der Waals surface area contributed by atoms with Crippen molar-refractivity contribution in [3.8, 4) is 0 Å². The van der Waals surface area contributed by atoms with Crippen LogP contribution in [0.4, 0.5) is 17.2 Å². The molecule has 0 saturated heterocycles. The van der Waals surface area contributed by atoms with Gasteiger partial charge in [-0.15, -0.1) is 0 Å². The van der Waals surface area contributed by atoms with Crippen molar-refractivity contribution in [1.82, 2.24) is 9.97 Å². The molecule has 2 aromatic carbocycles. The summed E-state index contributed by atoms with van der Waals surface area (Å²) in [4.78, 5) is 21.9. The third-order valence-electron chi connectivity index (χ3n) is 3.44. The molecule has 0 atom stereocenters. The summed E-state index contributed by atoms with van der Waals surface area (Å²) in [7, 11) is 1.74. The van der Waals surface area contributed by atoms with E-state index in [1.165, 1.54) is 18.1 Å².